The van der Waals surface area contributed by atoms with Crippen molar-refractivity contribution in [1.29, 1.82) is 0 Å². The Morgan fingerprint density at radius 2 is 2.07 bits per heavy atom. The lowest BCUT2D eigenvalue weighted by molar-refractivity contribution is 0.395. The van der Waals surface area contributed by atoms with Gasteiger partial charge in [0.2, 0.25) is 0 Å². The first-order valence-electron chi connectivity index (χ1n) is 5.33. The molecule has 0 saturated carbocycles. The number of hydrogen-bond donors (Lipinski definition) is 1. The molecule has 3 heteroatoms. The lowest BCUT2D eigenvalue weighted by Gasteiger charge is -2.23. The summed E-state index contributed by atoms with van der Waals surface area (Å²) >= 11 is 0. The van der Waals surface area contributed by atoms with Gasteiger partial charge in [0.25, 0.3) is 0 Å². The van der Waals surface area contributed by atoms with Crippen LogP contribution in [-0.2, 0) is 6.42 Å². The molecule has 1 aromatic rings. The summed E-state index contributed by atoms with van der Waals surface area (Å²) in [5.74, 6) is -0.0696. The summed E-state index contributed by atoms with van der Waals surface area (Å²) in [6.07, 6.45) is 4.53. The molecular weight excluding hydrogens is 213 g/mol. The Hall–Kier alpha value is -0.600. The van der Waals surface area contributed by atoms with Gasteiger partial charge >= 0.3 is 0 Å². The average Bonchev–Trinajstić information content (AvgIpc) is 2.23. The highest BCUT2D eigenvalue weighted by Gasteiger charge is 2.14. The van der Waals surface area contributed by atoms with Crippen molar-refractivity contribution in [3.05, 3.63) is 35.6 Å². The summed E-state index contributed by atoms with van der Waals surface area (Å²) in [7, 11) is 0. The van der Waals surface area contributed by atoms with Gasteiger partial charge in [0, 0.05) is 6.04 Å². The Bertz CT molecular complexity index is 297. The van der Waals surface area contributed by atoms with Gasteiger partial charge in [-0.25, -0.2) is 4.39 Å². The lowest BCUT2D eigenvalue weighted by atomic mass is 9.97. The van der Waals surface area contributed by atoms with E-state index in [1.807, 2.05) is 12.1 Å². The third-order valence-corrected chi connectivity index (χ3v) is 2.84. The van der Waals surface area contributed by atoms with Gasteiger partial charge in [0.05, 0.1) is 0 Å². The maximum atomic E-state index is 13.3. The molecule has 2 rings (SSSR count). The molecule has 1 atom stereocenters. The summed E-state index contributed by atoms with van der Waals surface area (Å²) in [6, 6.07) is 7.54. The smallest absolute Gasteiger partial charge is 0.126 e. The summed E-state index contributed by atoms with van der Waals surface area (Å²) in [6.45, 7) is 1.08. The fraction of sp³-hybridized carbons (Fsp3) is 0.500. The van der Waals surface area contributed by atoms with Crippen LogP contribution in [0.1, 0.15) is 24.8 Å². The van der Waals surface area contributed by atoms with Crippen molar-refractivity contribution >= 4 is 12.4 Å². The summed E-state index contributed by atoms with van der Waals surface area (Å²) in [5.41, 5.74) is 0.840. The van der Waals surface area contributed by atoms with Gasteiger partial charge in [0.1, 0.15) is 5.82 Å². The molecule has 0 amide bonds. The molecule has 1 fully saturated rings. The van der Waals surface area contributed by atoms with E-state index in [0.29, 0.717) is 6.04 Å². The van der Waals surface area contributed by atoms with E-state index in [1.165, 1.54) is 25.3 Å². The number of rotatable bonds is 2. The zero-order valence-corrected chi connectivity index (χ0v) is 9.52. The molecule has 0 aliphatic carbocycles. The second-order valence-corrected chi connectivity index (χ2v) is 3.94. The molecule has 1 aliphatic rings. The standard InChI is InChI=1S/C12H16FN.ClH/c13-12-7-2-1-5-10(12)9-11-6-3-4-8-14-11;/h1-2,5,7,11,14H,3-4,6,8-9H2;1H. The number of hydrogen-bond acceptors (Lipinski definition) is 1. The van der Waals surface area contributed by atoms with Crippen LogP contribution in [0.25, 0.3) is 0 Å². The molecule has 84 valence electrons. The van der Waals surface area contributed by atoms with E-state index < -0.39 is 0 Å². The highest BCUT2D eigenvalue weighted by atomic mass is 35.5. The Balaban J connectivity index is 0.00000112. The van der Waals surface area contributed by atoms with Gasteiger partial charge in [-0.15, -0.1) is 12.4 Å². The van der Waals surface area contributed by atoms with Crippen LogP contribution in [0.4, 0.5) is 4.39 Å². The molecular formula is C12H17ClFN. The summed E-state index contributed by atoms with van der Waals surface area (Å²) in [5, 5.41) is 3.43. The van der Waals surface area contributed by atoms with Crippen LogP contribution < -0.4 is 5.32 Å². The van der Waals surface area contributed by atoms with Gasteiger partial charge in [-0.05, 0) is 37.4 Å². The molecule has 1 heterocycles. The molecule has 0 bridgehead atoms. The Morgan fingerprint density at radius 3 is 2.73 bits per heavy atom. The first kappa shape index (κ1) is 12.5. The van der Waals surface area contributed by atoms with E-state index in [2.05, 4.69) is 5.32 Å². The normalized spacial score (nSPS) is 20.7. The van der Waals surface area contributed by atoms with Crippen molar-refractivity contribution in [2.24, 2.45) is 0 Å². The van der Waals surface area contributed by atoms with E-state index >= 15 is 0 Å². The van der Waals surface area contributed by atoms with Gasteiger partial charge in [-0.3, -0.25) is 0 Å². The predicted molar refractivity (Wildman–Crippen MR) is 63.0 cm³/mol. The highest BCUT2D eigenvalue weighted by molar-refractivity contribution is 5.85. The molecule has 1 unspecified atom stereocenters. The van der Waals surface area contributed by atoms with Crippen molar-refractivity contribution in [2.75, 3.05) is 6.54 Å². The van der Waals surface area contributed by atoms with Crippen molar-refractivity contribution in [1.82, 2.24) is 5.32 Å². The van der Waals surface area contributed by atoms with Crippen LogP contribution in [0, 0.1) is 5.82 Å². The molecule has 1 saturated heterocycles. The minimum atomic E-state index is -0.0696. The predicted octanol–water partition coefficient (Wildman–Crippen LogP) is 2.93. The molecule has 0 radical (unpaired) electrons. The molecule has 1 aliphatic heterocycles. The SMILES string of the molecule is Cl.Fc1ccccc1CC1CCCCN1. The number of benzene rings is 1. The monoisotopic (exact) mass is 229 g/mol. The third kappa shape index (κ3) is 3.47. The Morgan fingerprint density at radius 1 is 1.27 bits per heavy atom. The van der Waals surface area contributed by atoms with Crippen molar-refractivity contribution in [3.63, 3.8) is 0 Å². The molecule has 0 aromatic heterocycles. The van der Waals surface area contributed by atoms with Gasteiger partial charge in [-0.2, -0.15) is 0 Å². The van der Waals surface area contributed by atoms with E-state index in [-0.39, 0.29) is 18.2 Å². The van der Waals surface area contributed by atoms with Gasteiger partial charge in [-0.1, -0.05) is 24.6 Å². The van der Waals surface area contributed by atoms with Crippen LogP contribution >= 0.6 is 12.4 Å². The average molecular weight is 230 g/mol. The van der Waals surface area contributed by atoms with Gasteiger partial charge < -0.3 is 5.32 Å². The topological polar surface area (TPSA) is 12.0 Å². The minimum absolute atomic E-state index is 0. The molecule has 15 heavy (non-hydrogen) atoms. The quantitative estimate of drug-likeness (QED) is 0.822. The molecule has 1 N–H and O–H groups in total. The first-order valence-corrected chi connectivity index (χ1v) is 5.33. The number of piperidine rings is 1. The lowest BCUT2D eigenvalue weighted by Crippen LogP contribution is -2.35. The fourth-order valence-corrected chi connectivity index (χ4v) is 2.03. The maximum absolute atomic E-state index is 13.3. The van der Waals surface area contributed by atoms with E-state index in [9.17, 15) is 4.39 Å². The second-order valence-electron chi connectivity index (χ2n) is 3.94. The largest absolute Gasteiger partial charge is 0.314 e. The highest BCUT2D eigenvalue weighted by Crippen LogP contribution is 2.14. The van der Waals surface area contributed by atoms with Crippen molar-refractivity contribution in [2.45, 2.75) is 31.7 Å². The summed E-state index contributed by atoms with van der Waals surface area (Å²) < 4.78 is 13.3. The summed E-state index contributed by atoms with van der Waals surface area (Å²) in [4.78, 5) is 0. The first-order chi connectivity index (χ1) is 6.86. The van der Waals surface area contributed by atoms with E-state index in [4.69, 9.17) is 0 Å². The van der Waals surface area contributed by atoms with E-state index in [0.717, 1.165) is 18.5 Å². The van der Waals surface area contributed by atoms with Crippen molar-refractivity contribution in [3.8, 4) is 0 Å². The minimum Gasteiger partial charge on any atom is -0.314 e. The van der Waals surface area contributed by atoms with Crippen molar-refractivity contribution < 1.29 is 4.39 Å². The number of nitrogens with one attached hydrogen (secondary N) is 1. The Kier molecular flexibility index (Phi) is 5.06. The zero-order chi connectivity index (χ0) is 9.80. The third-order valence-electron chi connectivity index (χ3n) is 2.84. The Labute approximate surface area is 96.5 Å². The van der Waals surface area contributed by atoms with Crippen LogP contribution in [-0.4, -0.2) is 12.6 Å². The number of halogens is 2. The van der Waals surface area contributed by atoms with Crippen LogP contribution in [0.3, 0.4) is 0 Å². The molecule has 0 spiro atoms. The van der Waals surface area contributed by atoms with E-state index in [1.54, 1.807) is 6.07 Å². The fourth-order valence-electron chi connectivity index (χ4n) is 2.03. The van der Waals surface area contributed by atoms with Crippen LogP contribution in [0.15, 0.2) is 24.3 Å². The molecule has 1 aromatic carbocycles. The zero-order valence-electron chi connectivity index (χ0n) is 8.71. The van der Waals surface area contributed by atoms with Crippen LogP contribution in [0.2, 0.25) is 0 Å². The second kappa shape index (κ2) is 6.09. The molecule has 1 nitrogen and oxygen atoms in total. The van der Waals surface area contributed by atoms with Gasteiger partial charge in [0.15, 0.2) is 0 Å². The maximum Gasteiger partial charge on any atom is 0.126 e. The van der Waals surface area contributed by atoms with Crippen LogP contribution in [0.5, 0.6) is 0 Å².